The van der Waals surface area contributed by atoms with E-state index in [0.29, 0.717) is 48.3 Å². The Hall–Kier alpha value is -8.42. The Morgan fingerprint density at radius 1 is 0.642 bits per heavy atom. The van der Waals surface area contributed by atoms with Crippen LogP contribution >= 0.6 is 13.5 Å². The molecule has 3 rings (SSSR count). The number of aliphatic carboxylic acids is 1. The molecule has 95 heavy (non-hydrogen) atoms. The minimum atomic E-state index is -1.78. The third-order valence-electron chi connectivity index (χ3n) is 15.1. The summed E-state index contributed by atoms with van der Waals surface area (Å²) in [4.78, 5) is 161. The number of carboxylic acid groups (broad SMARTS) is 1. The molecule has 4 unspecified atom stereocenters. The smallest absolute Gasteiger partial charge is 0.303 e. The number of amides is 10. The first-order valence-electron chi connectivity index (χ1n) is 32.5. The van der Waals surface area contributed by atoms with Gasteiger partial charge in [-0.05, 0) is 119 Å². The Morgan fingerprint density at radius 2 is 1.16 bits per heavy atom. The minimum Gasteiger partial charge on any atom is -0.508 e. The summed E-state index contributed by atoms with van der Waals surface area (Å²) >= 11 is 0. The van der Waals surface area contributed by atoms with Crippen molar-refractivity contribution >= 4 is 90.8 Å². The molecule has 9 atom stereocenters. The number of aliphatic imine (C=N–C) groups is 1. The second kappa shape index (κ2) is 48.3. The lowest BCUT2D eigenvalue weighted by molar-refractivity contribution is -0.143. The summed E-state index contributed by atoms with van der Waals surface area (Å²) in [5, 5.41) is 37.0. The van der Waals surface area contributed by atoms with Gasteiger partial charge in [0.2, 0.25) is 59.1 Å². The predicted octanol–water partition coefficient (Wildman–Crippen LogP) is -0.767. The zero-order valence-electron chi connectivity index (χ0n) is 56.8. The van der Waals surface area contributed by atoms with Gasteiger partial charge in [-0.2, -0.15) is 13.5 Å². The molecule has 0 bridgehead atoms. The van der Waals surface area contributed by atoms with Gasteiger partial charge >= 0.3 is 5.97 Å². The lowest BCUT2D eigenvalue weighted by Crippen LogP contribution is -2.60. The quantitative estimate of drug-likeness (QED) is 0.0168. The molecule has 0 spiro atoms. The van der Waals surface area contributed by atoms with E-state index < -0.39 is 145 Å². The molecule has 23 N–H and O–H groups in total. The molecule has 2 aromatic carbocycles. The monoisotopic (exact) mass is 1360 g/mol. The van der Waals surface area contributed by atoms with Crippen molar-refractivity contribution in [1.82, 2.24) is 42.1 Å². The molecule has 1 aliphatic heterocycles. The number of phenolic OH excluding ortho intramolecular Hbond substituents is 1. The fourth-order valence-electron chi connectivity index (χ4n) is 9.56. The van der Waals surface area contributed by atoms with Crippen molar-refractivity contribution in [3.63, 3.8) is 0 Å². The van der Waals surface area contributed by atoms with Crippen molar-refractivity contribution in [1.29, 1.82) is 0 Å². The average molecular weight is 1360 g/mol. The van der Waals surface area contributed by atoms with E-state index in [2.05, 4.69) is 63.0 Å². The molecule has 30 nitrogen and oxygen atoms in total. The van der Waals surface area contributed by atoms with Crippen LogP contribution < -0.4 is 77.4 Å². The summed E-state index contributed by atoms with van der Waals surface area (Å²) in [5.74, 6) is -9.44. The maximum absolute atomic E-state index is 14.5. The zero-order valence-corrected chi connectivity index (χ0v) is 56.8. The molecule has 1 saturated heterocycles. The van der Waals surface area contributed by atoms with E-state index >= 15 is 0 Å². The van der Waals surface area contributed by atoms with E-state index in [1.807, 2.05) is 13.8 Å². The Balaban J connectivity index is 0.00000439. The molecule has 0 radical (unpaired) electrons. The van der Waals surface area contributed by atoms with Crippen molar-refractivity contribution < 1.29 is 69.1 Å². The van der Waals surface area contributed by atoms with E-state index in [-0.39, 0.29) is 96.2 Å². The molecule has 534 valence electrons. The number of likely N-dealkylation sites (tertiary alicyclic amines) is 1. The standard InChI is InChI=1S/C50H75N15O13.C9H21N.C5H10O.H2S/c1-57-35(25-29-14-16-30(66)17-15-29)45(74)63-36(26-28-9-3-2-4-10-28)46(75)60-33(18-20-39(52)67)44(73)64-37(27-40(53)68)47(76)62-34(11-5-6-22-51)49(78)65-24-8-13-38(65)48(77)61-32(12-7-23-58-50(55)56)43(72)59-31(42(54)71)19-21-41(69)70;1-4-5-6-7-9(10)8(2)3;1-5(2)3-4-6;/h2-4,9-10,14-17,31-38,57,66H,5-8,11-13,18-27,51H2,1H3,(H2,52,67)(H2,53,68)(H2,54,71)(H,59,72)(H,60,75)(H,61,77)(H,62,76)(H,63,74)(H,64,73)(H,69,70)(H4,55,56,58);8-9H,4-7,10H2,1-3H3;4-5H,3H2,1-2H3;1H2/t31-,32-,33?,34?,35?,36-,37-,38-;;;/m0.../s1/i;;4D;. The number of benzene rings is 2. The van der Waals surface area contributed by atoms with Gasteiger partial charge in [-0.1, -0.05) is 96.3 Å². The second-order valence-electron chi connectivity index (χ2n) is 23.8. The Kier molecular flexibility index (Phi) is 43.0. The highest BCUT2D eigenvalue weighted by molar-refractivity contribution is 7.59. The van der Waals surface area contributed by atoms with Crippen LogP contribution in [0.2, 0.25) is 0 Å². The van der Waals surface area contributed by atoms with Gasteiger partial charge in [0, 0.05) is 44.8 Å². The van der Waals surface area contributed by atoms with Gasteiger partial charge in [-0.3, -0.25) is 57.7 Å². The summed E-state index contributed by atoms with van der Waals surface area (Å²) in [6.45, 7) is 10.7. The molecular formula is C64H108N16O14S. The van der Waals surface area contributed by atoms with Crippen LogP contribution in [-0.4, -0.2) is 173 Å². The van der Waals surface area contributed by atoms with Crippen LogP contribution in [0, 0.1) is 11.8 Å². The number of hydrogen-bond donors (Lipinski definition) is 16. The van der Waals surface area contributed by atoms with Crippen molar-refractivity contribution in [3.05, 3.63) is 65.7 Å². The highest BCUT2D eigenvalue weighted by Crippen LogP contribution is 2.22. The lowest BCUT2D eigenvalue weighted by Gasteiger charge is -2.31. The molecule has 0 saturated carbocycles. The molecule has 0 aliphatic carbocycles. The first-order valence-corrected chi connectivity index (χ1v) is 32.0. The maximum Gasteiger partial charge on any atom is 0.303 e. The fraction of sp³-hybridized carbons (Fsp3) is 0.609. The molecule has 2 aromatic rings. The van der Waals surface area contributed by atoms with Gasteiger partial charge in [0.1, 0.15) is 55.7 Å². The maximum atomic E-state index is 14.5. The number of carbonyl (C=O) groups excluding carboxylic acids is 11. The molecule has 1 fully saturated rings. The van der Waals surface area contributed by atoms with Crippen LogP contribution in [0.4, 0.5) is 0 Å². The fourth-order valence-corrected chi connectivity index (χ4v) is 9.56. The number of carboxylic acids is 1. The number of likely N-dealkylation sites (N-methyl/N-ethyl adjacent to an activating group) is 1. The number of rotatable bonds is 42. The van der Waals surface area contributed by atoms with Crippen molar-refractivity contribution in [2.24, 2.45) is 57.0 Å². The summed E-state index contributed by atoms with van der Waals surface area (Å²) in [6, 6.07) is 4.30. The summed E-state index contributed by atoms with van der Waals surface area (Å²) < 4.78 is 6.47. The third kappa shape index (κ3) is 36.7. The van der Waals surface area contributed by atoms with E-state index in [4.69, 9.17) is 46.6 Å². The highest BCUT2D eigenvalue weighted by atomic mass is 32.1. The van der Waals surface area contributed by atoms with Crippen LogP contribution in [0.15, 0.2) is 59.6 Å². The first kappa shape index (κ1) is 84.6. The van der Waals surface area contributed by atoms with E-state index in [1.54, 1.807) is 49.5 Å². The lowest BCUT2D eigenvalue weighted by atomic mass is 9.99. The molecular weight excluding hydrogens is 1250 g/mol. The first-order chi connectivity index (χ1) is 44.8. The van der Waals surface area contributed by atoms with Gasteiger partial charge in [0.05, 0.1) is 12.5 Å². The number of aldehydes is 1. The predicted molar refractivity (Wildman–Crippen MR) is 365 cm³/mol. The largest absolute Gasteiger partial charge is 0.508 e. The highest BCUT2D eigenvalue weighted by Gasteiger charge is 2.40. The number of unbranched alkanes of at least 4 members (excludes halogenated alkanes) is 3. The summed E-state index contributed by atoms with van der Waals surface area (Å²) in [7, 11) is 1.55. The van der Waals surface area contributed by atoms with Gasteiger partial charge in [0.15, 0.2) is 5.96 Å². The SMILES string of the molecule is CCCCCC(N)C(C)C.CNC(Cc1ccc(O)cc1)C(=O)N[C@@H](Cc1ccccc1)C(=O)NC(CCC(N)=O)C(=O)N[C@@H](CC(N)=O)C(=O)NC(CCCCN)C(=O)N1CCC[C@H]1C(=O)N[C@@H](CCCN=C(N)N)C(=O)N[C@@H](CCC(=O)O)C(N)=O.S.[2H]C(=O)CC(C)C. The number of guanidine groups is 1. The third-order valence-corrected chi connectivity index (χ3v) is 15.1. The topological polar surface area (TPSA) is 527 Å². The van der Waals surface area contributed by atoms with Crippen LogP contribution in [-0.2, 0) is 70.4 Å². The van der Waals surface area contributed by atoms with Gasteiger partial charge in [-0.15, -0.1) is 0 Å². The molecule has 1 heterocycles. The minimum absolute atomic E-state index is 0. The molecule has 1 aliphatic rings. The van der Waals surface area contributed by atoms with Crippen LogP contribution in [0.25, 0.3) is 0 Å². The Labute approximate surface area is 565 Å². The van der Waals surface area contributed by atoms with Gasteiger partial charge < -0.3 is 97.3 Å². The number of nitrogens with zero attached hydrogens (tertiary/aromatic N) is 2. The molecule has 0 aromatic heterocycles. The zero-order chi connectivity index (χ0) is 71.7. The van der Waals surface area contributed by atoms with Crippen LogP contribution in [0.5, 0.6) is 5.75 Å². The van der Waals surface area contributed by atoms with Crippen LogP contribution in [0.1, 0.15) is 156 Å². The van der Waals surface area contributed by atoms with Crippen molar-refractivity contribution in [3.8, 4) is 5.75 Å². The number of phenols is 1. The normalized spacial score (nSPS) is 15.0. The number of hydrogen-bond acceptors (Lipinski definition) is 17. The summed E-state index contributed by atoms with van der Waals surface area (Å²) in [6.07, 6.45) is 3.74. The number of carbonyl (C=O) groups is 12. The Bertz CT molecular complexity index is 2800. The van der Waals surface area contributed by atoms with Gasteiger partial charge in [-0.25, -0.2) is 0 Å². The molecule has 31 heteroatoms. The number of primary amides is 3. The molecule has 10 amide bonds. The van der Waals surface area contributed by atoms with Crippen LogP contribution in [0.3, 0.4) is 0 Å². The number of nitrogens with one attached hydrogen (secondary N) is 7. The van der Waals surface area contributed by atoms with E-state index in [1.165, 1.54) is 42.7 Å². The number of nitrogens with two attached hydrogens (primary N) is 7. The Morgan fingerprint density at radius 3 is 1.68 bits per heavy atom. The number of aromatic hydroxyl groups is 1. The van der Waals surface area contributed by atoms with Gasteiger partial charge in [0.25, 0.3) is 0 Å². The van der Waals surface area contributed by atoms with Crippen molar-refractivity contribution in [2.45, 2.75) is 211 Å². The van der Waals surface area contributed by atoms with Crippen molar-refractivity contribution in [2.75, 3.05) is 26.7 Å². The van der Waals surface area contributed by atoms with E-state index in [9.17, 15) is 62.6 Å². The average Bonchev–Trinajstić information content (AvgIpc) is 1.56. The summed E-state index contributed by atoms with van der Waals surface area (Å²) in [5.41, 5.74) is 40.2. The second-order valence-corrected chi connectivity index (χ2v) is 23.8. The van der Waals surface area contributed by atoms with E-state index in [0.717, 1.165) is 0 Å².